The number of para-hydroxylation sites is 1. The number of hydrogen-bond donors (Lipinski definition) is 0. The first-order valence-corrected chi connectivity index (χ1v) is 8.03. The molecule has 0 aliphatic heterocycles. The van der Waals surface area contributed by atoms with E-state index in [1.807, 2.05) is 42.5 Å². The summed E-state index contributed by atoms with van der Waals surface area (Å²) in [5.41, 5.74) is 1.48. The maximum Gasteiger partial charge on any atom is 0.248 e. The van der Waals surface area contributed by atoms with Gasteiger partial charge in [-0.25, -0.2) is 0 Å². The van der Waals surface area contributed by atoms with Crippen molar-refractivity contribution >= 4 is 26.8 Å². The first kappa shape index (κ1) is 14.8. The van der Waals surface area contributed by atoms with Crippen molar-refractivity contribution in [3.63, 3.8) is 0 Å². The van der Waals surface area contributed by atoms with Gasteiger partial charge in [-0.05, 0) is 24.3 Å². The zero-order valence-electron chi connectivity index (χ0n) is 12.4. The summed E-state index contributed by atoms with van der Waals surface area (Å²) >= 11 is 3.42. The Morgan fingerprint density at radius 3 is 2.88 bits per heavy atom. The van der Waals surface area contributed by atoms with Gasteiger partial charge in [0.2, 0.25) is 17.1 Å². The third kappa shape index (κ3) is 2.74. The van der Waals surface area contributed by atoms with E-state index in [1.165, 1.54) is 6.20 Å². The molecule has 0 aliphatic carbocycles. The summed E-state index contributed by atoms with van der Waals surface area (Å²) in [5.74, 6) is 0.933. The van der Waals surface area contributed by atoms with Gasteiger partial charge in [0.05, 0.1) is 11.7 Å². The van der Waals surface area contributed by atoms with E-state index in [0.29, 0.717) is 23.6 Å². The van der Waals surface area contributed by atoms with Crippen molar-refractivity contribution in [2.45, 2.75) is 6.54 Å². The van der Waals surface area contributed by atoms with Crippen molar-refractivity contribution in [1.29, 1.82) is 0 Å². The van der Waals surface area contributed by atoms with Gasteiger partial charge in [0.1, 0.15) is 6.54 Å². The lowest BCUT2D eigenvalue weighted by Gasteiger charge is -2.05. The number of nitrogens with zero attached hydrogens (tertiary/aromatic N) is 4. The van der Waals surface area contributed by atoms with E-state index in [4.69, 9.17) is 4.52 Å². The van der Waals surface area contributed by atoms with Crippen molar-refractivity contribution in [3.05, 3.63) is 75.3 Å². The monoisotopic (exact) mass is 382 g/mol. The van der Waals surface area contributed by atoms with E-state index >= 15 is 0 Å². The average molecular weight is 383 g/mol. The molecule has 2 aromatic carbocycles. The molecule has 0 saturated carbocycles. The van der Waals surface area contributed by atoms with Crippen LogP contribution in [0.15, 0.2) is 68.5 Å². The lowest BCUT2D eigenvalue weighted by Crippen LogP contribution is -2.13. The largest absolute Gasteiger partial charge is 0.337 e. The minimum atomic E-state index is -0.109. The second kappa shape index (κ2) is 6.01. The van der Waals surface area contributed by atoms with Crippen LogP contribution in [0.25, 0.3) is 22.3 Å². The molecule has 0 spiro atoms. The highest BCUT2D eigenvalue weighted by Gasteiger charge is 2.11. The first-order chi connectivity index (χ1) is 11.7. The van der Waals surface area contributed by atoms with Crippen molar-refractivity contribution in [2.24, 2.45) is 0 Å². The molecular formula is C17H11BrN4O2. The van der Waals surface area contributed by atoms with E-state index in [9.17, 15) is 4.79 Å². The number of rotatable bonds is 3. The Bertz CT molecular complexity index is 1090. The first-order valence-electron chi connectivity index (χ1n) is 7.24. The normalized spacial score (nSPS) is 11.0. The fraction of sp³-hybridized carbons (Fsp3) is 0.0588. The van der Waals surface area contributed by atoms with Crippen LogP contribution in [-0.4, -0.2) is 19.9 Å². The fourth-order valence-corrected chi connectivity index (χ4v) is 2.88. The maximum atomic E-state index is 11.9. The third-order valence-corrected chi connectivity index (χ3v) is 4.09. The summed E-state index contributed by atoms with van der Waals surface area (Å²) in [6.07, 6.45) is 1.30. The Morgan fingerprint density at radius 1 is 1.12 bits per heavy atom. The summed E-state index contributed by atoms with van der Waals surface area (Å²) in [7, 11) is 0. The summed E-state index contributed by atoms with van der Waals surface area (Å²) < 4.78 is 7.95. The molecule has 0 fully saturated rings. The molecule has 6 nitrogen and oxygen atoms in total. The molecule has 2 aromatic heterocycles. The molecule has 0 N–H and O–H groups in total. The van der Waals surface area contributed by atoms with E-state index in [0.717, 1.165) is 15.6 Å². The Balaban J connectivity index is 1.70. The minimum Gasteiger partial charge on any atom is -0.337 e. The van der Waals surface area contributed by atoms with Gasteiger partial charge in [-0.1, -0.05) is 45.4 Å². The summed E-state index contributed by atoms with van der Waals surface area (Å²) in [6.45, 7) is 0.293. The van der Waals surface area contributed by atoms with Crippen molar-refractivity contribution < 1.29 is 4.52 Å². The van der Waals surface area contributed by atoms with Crippen molar-refractivity contribution in [1.82, 2.24) is 19.9 Å². The fourth-order valence-electron chi connectivity index (χ4n) is 2.48. The Labute approximate surface area is 144 Å². The highest BCUT2D eigenvalue weighted by atomic mass is 79.9. The average Bonchev–Trinajstić information content (AvgIpc) is 3.06. The van der Waals surface area contributed by atoms with Crippen LogP contribution in [0, 0.1) is 0 Å². The third-order valence-electron chi connectivity index (χ3n) is 3.60. The van der Waals surface area contributed by atoms with Crippen LogP contribution in [0.4, 0.5) is 0 Å². The highest BCUT2D eigenvalue weighted by Crippen LogP contribution is 2.20. The molecule has 0 saturated heterocycles. The molecule has 0 radical (unpaired) electrons. The van der Waals surface area contributed by atoms with Gasteiger partial charge in [0.25, 0.3) is 0 Å². The Kier molecular flexibility index (Phi) is 3.70. The lowest BCUT2D eigenvalue weighted by molar-refractivity contribution is 0.367. The van der Waals surface area contributed by atoms with E-state index in [2.05, 4.69) is 31.2 Å². The quantitative estimate of drug-likeness (QED) is 0.543. The number of hydrogen-bond acceptors (Lipinski definition) is 5. The van der Waals surface area contributed by atoms with Gasteiger partial charge in [-0.3, -0.25) is 9.48 Å². The van der Waals surface area contributed by atoms with Gasteiger partial charge in [0.15, 0.2) is 0 Å². The van der Waals surface area contributed by atoms with Crippen molar-refractivity contribution in [3.8, 4) is 11.4 Å². The molecule has 0 amide bonds. The van der Waals surface area contributed by atoms with Crippen LogP contribution in [0.3, 0.4) is 0 Å². The number of halogens is 1. The second-order valence-electron chi connectivity index (χ2n) is 5.21. The van der Waals surface area contributed by atoms with E-state index in [-0.39, 0.29) is 5.43 Å². The van der Waals surface area contributed by atoms with Gasteiger partial charge < -0.3 is 4.52 Å². The van der Waals surface area contributed by atoms with Crippen LogP contribution in [0.2, 0.25) is 0 Å². The smallest absolute Gasteiger partial charge is 0.248 e. The van der Waals surface area contributed by atoms with Crippen LogP contribution in [-0.2, 0) is 6.54 Å². The van der Waals surface area contributed by atoms with Crippen LogP contribution in [0.1, 0.15) is 5.89 Å². The predicted molar refractivity (Wildman–Crippen MR) is 92.5 cm³/mol. The Hall–Kier alpha value is -2.80. The molecular weight excluding hydrogens is 372 g/mol. The molecule has 2 heterocycles. The molecule has 0 aliphatic rings. The van der Waals surface area contributed by atoms with E-state index in [1.54, 1.807) is 10.7 Å². The molecule has 0 unspecified atom stereocenters. The predicted octanol–water partition coefficient (Wildman–Crippen LogP) is 3.26. The summed E-state index contributed by atoms with van der Waals surface area (Å²) in [5, 5.41) is 8.79. The molecule has 7 heteroatoms. The summed E-state index contributed by atoms with van der Waals surface area (Å²) in [4.78, 5) is 16.3. The lowest BCUT2D eigenvalue weighted by atomic mass is 10.2. The second-order valence-corrected chi connectivity index (χ2v) is 6.12. The van der Waals surface area contributed by atoms with E-state index < -0.39 is 0 Å². The Morgan fingerprint density at radius 2 is 2.00 bits per heavy atom. The molecule has 4 aromatic rings. The van der Waals surface area contributed by atoms with Gasteiger partial charge in [-0.15, -0.1) is 0 Å². The number of fused-ring (bicyclic) bond motifs is 1. The standard InChI is InChI=1S/C17H11BrN4O2/c18-12-5-3-4-11(8-12)17-20-16(24-21-17)10-22-14-7-2-1-6-13(14)15(23)9-19-22/h1-9H,10H2. The molecule has 24 heavy (non-hydrogen) atoms. The minimum absolute atomic E-state index is 0.109. The zero-order valence-corrected chi connectivity index (χ0v) is 14.0. The highest BCUT2D eigenvalue weighted by molar-refractivity contribution is 9.10. The SMILES string of the molecule is O=c1cnn(Cc2nc(-c3cccc(Br)c3)no2)c2ccccc12. The maximum absolute atomic E-state index is 11.9. The number of aromatic nitrogens is 4. The van der Waals surface area contributed by atoms with Gasteiger partial charge in [0, 0.05) is 15.4 Å². The van der Waals surface area contributed by atoms with Gasteiger partial charge in [-0.2, -0.15) is 10.1 Å². The molecule has 118 valence electrons. The zero-order chi connectivity index (χ0) is 16.5. The topological polar surface area (TPSA) is 73.8 Å². The molecule has 0 bridgehead atoms. The van der Waals surface area contributed by atoms with Crippen LogP contribution in [0.5, 0.6) is 0 Å². The van der Waals surface area contributed by atoms with Gasteiger partial charge >= 0.3 is 0 Å². The van der Waals surface area contributed by atoms with Crippen LogP contribution < -0.4 is 5.43 Å². The molecule has 4 rings (SSSR count). The number of benzene rings is 2. The molecule has 0 atom stereocenters. The van der Waals surface area contributed by atoms with Crippen LogP contribution >= 0.6 is 15.9 Å². The summed E-state index contributed by atoms with van der Waals surface area (Å²) in [6, 6.07) is 15.0. The van der Waals surface area contributed by atoms with Crippen molar-refractivity contribution in [2.75, 3.05) is 0 Å².